The maximum Gasteiger partial charge on any atom is 0.249 e. The molecular weight excluding hydrogens is 242 g/mol. The topological polar surface area (TPSA) is 71.1 Å². The molecule has 1 aliphatic heterocycles. The third kappa shape index (κ3) is 2.92. The number of hydrogen-bond acceptors (Lipinski definition) is 4. The summed E-state index contributed by atoms with van der Waals surface area (Å²) in [6.45, 7) is 4.14. The highest BCUT2D eigenvalue weighted by Crippen LogP contribution is 2.21. The zero-order valence-electron chi connectivity index (χ0n) is 11.3. The number of aromatic nitrogens is 1. The van der Waals surface area contributed by atoms with Crippen molar-refractivity contribution in [3.8, 4) is 0 Å². The highest BCUT2D eigenvalue weighted by atomic mass is 16.2. The fourth-order valence-electron chi connectivity index (χ4n) is 2.39. The van der Waals surface area contributed by atoms with E-state index in [9.17, 15) is 9.59 Å². The van der Waals surface area contributed by atoms with Crippen LogP contribution in [0.5, 0.6) is 0 Å². The van der Waals surface area contributed by atoms with Gasteiger partial charge in [0.1, 0.15) is 6.04 Å². The van der Waals surface area contributed by atoms with Gasteiger partial charge in [-0.3, -0.25) is 19.9 Å². The molecule has 5 heteroatoms. The SMILES string of the molecule is CCc1nccc(NC2CCC(=O)NC2=O)c1CC. The van der Waals surface area contributed by atoms with E-state index < -0.39 is 0 Å². The van der Waals surface area contributed by atoms with E-state index in [0.717, 1.165) is 29.8 Å². The fourth-order valence-corrected chi connectivity index (χ4v) is 2.39. The van der Waals surface area contributed by atoms with Crippen molar-refractivity contribution < 1.29 is 9.59 Å². The van der Waals surface area contributed by atoms with Gasteiger partial charge < -0.3 is 5.32 Å². The van der Waals surface area contributed by atoms with Crippen LogP contribution in [-0.2, 0) is 22.4 Å². The maximum atomic E-state index is 11.8. The van der Waals surface area contributed by atoms with Crippen LogP contribution in [0.15, 0.2) is 12.3 Å². The standard InChI is InChI=1S/C14H19N3O2/c1-3-9-10(4-2)15-8-7-11(9)16-12-5-6-13(18)17-14(12)19/h7-8,12H,3-6H2,1-2H3,(H,15,16)(H,17,18,19). The normalized spacial score (nSPS) is 19.2. The van der Waals surface area contributed by atoms with Crippen LogP contribution in [0.3, 0.4) is 0 Å². The van der Waals surface area contributed by atoms with Gasteiger partial charge >= 0.3 is 0 Å². The molecule has 0 aromatic carbocycles. The van der Waals surface area contributed by atoms with Gasteiger partial charge in [0.15, 0.2) is 0 Å². The minimum Gasteiger partial charge on any atom is -0.373 e. The number of nitrogens with one attached hydrogen (secondary N) is 2. The molecule has 2 rings (SSSR count). The lowest BCUT2D eigenvalue weighted by atomic mass is 10.0. The Morgan fingerprint density at radius 1 is 1.37 bits per heavy atom. The Kier molecular flexibility index (Phi) is 4.14. The van der Waals surface area contributed by atoms with E-state index in [0.29, 0.717) is 12.8 Å². The van der Waals surface area contributed by atoms with Crippen molar-refractivity contribution in [3.63, 3.8) is 0 Å². The molecule has 1 aromatic heterocycles. The second-order valence-corrected chi connectivity index (χ2v) is 4.64. The summed E-state index contributed by atoms with van der Waals surface area (Å²) in [6.07, 6.45) is 4.42. The van der Waals surface area contributed by atoms with Crippen molar-refractivity contribution >= 4 is 17.5 Å². The molecule has 5 nitrogen and oxygen atoms in total. The number of piperidine rings is 1. The van der Waals surface area contributed by atoms with Crippen molar-refractivity contribution in [1.29, 1.82) is 0 Å². The molecule has 0 radical (unpaired) electrons. The Morgan fingerprint density at radius 3 is 2.79 bits per heavy atom. The summed E-state index contributed by atoms with van der Waals surface area (Å²) >= 11 is 0. The zero-order valence-corrected chi connectivity index (χ0v) is 11.3. The van der Waals surface area contributed by atoms with Gasteiger partial charge in [-0.25, -0.2) is 0 Å². The number of hydrogen-bond donors (Lipinski definition) is 2. The van der Waals surface area contributed by atoms with E-state index in [1.807, 2.05) is 6.07 Å². The van der Waals surface area contributed by atoms with Crippen molar-refractivity contribution in [2.24, 2.45) is 0 Å². The van der Waals surface area contributed by atoms with E-state index in [1.54, 1.807) is 6.20 Å². The lowest BCUT2D eigenvalue weighted by Crippen LogP contribution is -2.47. The van der Waals surface area contributed by atoms with E-state index in [1.165, 1.54) is 0 Å². The van der Waals surface area contributed by atoms with Gasteiger partial charge in [0.25, 0.3) is 0 Å². The number of anilines is 1. The van der Waals surface area contributed by atoms with Gasteiger partial charge in [-0.2, -0.15) is 0 Å². The average molecular weight is 261 g/mol. The molecule has 2 heterocycles. The lowest BCUT2D eigenvalue weighted by Gasteiger charge is -2.24. The van der Waals surface area contributed by atoms with Crippen LogP contribution in [0.2, 0.25) is 0 Å². The largest absolute Gasteiger partial charge is 0.373 e. The summed E-state index contributed by atoms with van der Waals surface area (Å²) in [7, 11) is 0. The minimum absolute atomic E-state index is 0.192. The summed E-state index contributed by atoms with van der Waals surface area (Å²) in [5, 5.41) is 5.60. The van der Waals surface area contributed by atoms with Crippen LogP contribution in [0.4, 0.5) is 5.69 Å². The Bertz CT molecular complexity index is 499. The number of carbonyl (C=O) groups is 2. The smallest absolute Gasteiger partial charge is 0.249 e. The summed E-state index contributed by atoms with van der Waals surface area (Å²) in [5.41, 5.74) is 3.15. The summed E-state index contributed by atoms with van der Waals surface area (Å²) in [6, 6.07) is 1.55. The molecule has 1 aromatic rings. The fraction of sp³-hybridized carbons (Fsp3) is 0.500. The first kappa shape index (κ1) is 13.5. The van der Waals surface area contributed by atoms with Crippen LogP contribution in [0.25, 0.3) is 0 Å². The molecule has 0 bridgehead atoms. The highest BCUT2D eigenvalue weighted by molar-refractivity contribution is 6.01. The number of carbonyl (C=O) groups excluding carboxylic acids is 2. The maximum absolute atomic E-state index is 11.8. The van der Waals surface area contributed by atoms with E-state index in [-0.39, 0.29) is 17.9 Å². The number of nitrogens with zero attached hydrogens (tertiary/aromatic N) is 1. The quantitative estimate of drug-likeness (QED) is 0.804. The number of rotatable bonds is 4. The number of imide groups is 1. The molecule has 0 spiro atoms. The Morgan fingerprint density at radius 2 is 2.16 bits per heavy atom. The highest BCUT2D eigenvalue weighted by Gasteiger charge is 2.26. The first-order valence-corrected chi connectivity index (χ1v) is 6.72. The van der Waals surface area contributed by atoms with Crippen molar-refractivity contribution in [2.75, 3.05) is 5.32 Å². The number of aryl methyl sites for hydroxylation is 1. The molecule has 1 fully saturated rings. The zero-order chi connectivity index (χ0) is 13.8. The Hall–Kier alpha value is -1.91. The number of amides is 2. The molecule has 1 unspecified atom stereocenters. The first-order valence-electron chi connectivity index (χ1n) is 6.72. The van der Waals surface area contributed by atoms with Crippen LogP contribution >= 0.6 is 0 Å². The van der Waals surface area contributed by atoms with Crippen LogP contribution in [0.1, 0.15) is 37.9 Å². The average Bonchev–Trinajstić information content (AvgIpc) is 2.41. The first-order chi connectivity index (χ1) is 9.15. The van der Waals surface area contributed by atoms with E-state index >= 15 is 0 Å². The third-order valence-corrected chi connectivity index (χ3v) is 3.40. The van der Waals surface area contributed by atoms with E-state index in [4.69, 9.17) is 0 Å². The number of pyridine rings is 1. The molecular formula is C14H19N3O2. The molecule has 1 atom stereocenters. The van der Waals surface area contributed by atoms with Crippen molar-refractivity contribution in [3.05, 3.63) is 23.5 Å². The van der Waals surface area contributed by atoms with Gasteiger partial charge in [-0.1, -0.05) is 13.8 Å². The Balaban J connectivity index is 2.19. The minimum atomic E-state index is -0.338. The molecule has 102 valence electrons. The molecule has 0 aliphatic carbocycles. The van der Waals surface area contributed by atoms with E-state index in [2.05, 4.69) is 29.5 Å². The van der Waals surface area contributed by atoms with Crippen molar-refractivity contribution in [2.45, 2.75) is 45.6 Å². The molecule has 19 heavy (non-hydrogen) atoms. The second-order valence-electron chi connectivity index (χ2n) is 4.64. The molecule has 1 aliphatic rings. The van der Waals surface area contributed by atoms with Gasteiger partial charge in [-0.15, -0.1) is 0 Å². The molecule has 2 amide bonds. The van der Waals surface area contributed by atoms with Crippen LogP contribution in [-0.4, -0.2) is 22.8 Å². The third-order valence-electron chi connectivity index (χ3n) is 3.40. The summed E-state index contributed by atoms with van der Waals surface area (Å²) in [5.74, 6) is -0.434. The monoisotopic (exact) mass is 261 g/mol. The van der Waals surface area contributed by atoms with Gasteiger partial charge in [-0.05, 0) is 30.9 Å². The van der Waals surface area contributed by atoms with Crippen LogP contribution in [0, 0.1) is 0 Å². The molecule has 1 saturated heterocycles. The predicted octanol–water partition coefficient (Wildman–Crippen LogP) is 1.42. The van der Waals surface area contributed by atoms with Crippen LogP contribution < -0.4 is 10.6 Å². The van der Waals surface area contributed by atoms with Crippen molar-refractivity contribution in [1.82, 2.24) is 10.3 Å². The van der Waals surface area contributed by atoms with Gasteiger partial charge in [0, 0.05) is 24.0 Å². The second kappa shape index (κ2) is 5.82. The summed E-state index contributed by atoms with van der Waals surface area (Å²) in [4.78, 5) is 27.2. The molecule has 0 saturated carbocycles. The van der Waals surface area contributed by atoms with Gasteiger partial charge in [0.05, 0.1) is 0 Å². The lowest BCUT2D eigenvalue weighted by molar-refractivity contribution is -0.133. The molecule has 2 N–H and O–H groups in total. The predicted molar refractivity (Wildman–Crippen MR) is 72.8 cm³/mol. The summed E-state index contributed by atoms with van der Waals surface area (Å²) < 4.78 is 0. The van der Waals surface area contributed by atoms with Gasteiger partial charge in [0.2, 0.25) is 11.8 Å². The Labute approximate surface area is 112 Å².